The van der Waals surface area contributed by atoms with E-state index >= 15 is 0 Å². The quantitative estimate of drug-likeness (QED) is 0.158. The van der Waals surface area contributed by atoms with Gasteiger partial charge in [-0.25, -0.2) is 4.98 Å². The zero-order valence-electron chi connectivity index (χ0n) is 22.0. The fourth-order valence-electron chi connectivity index (χ4n) is 4.29. The minimum Gasteiger partial charge on any atom is -0.366 e. The Hall–Kier alpha value is -5.65. The number of carbonyl (C=O) groups is 3. The van der Waals surface area contributed by atoms with Crippen LogP contribution in [0.5, 0.6) is 0 Å². The van der Waals surface area contributed by atoms with Crippen molar-refractivity contribution in [3.63, 3.8) is 0 Å². The Morgan fingerprint density at radius 2 is 1.60 bits per heavy atom. The lowest BCUT2D eigenvalue weighted by molar-refractivity contribution is -0.137. The molecule has 0 atom stereocenters. The standard InChI is InChI=1S/C30H23F3N6O3/c1-16-8-9-21(38-28(41)18-5-2-6-19(12-18)30(31,32)33)14-24(16)39-29(42)23-11-10-22-25(23)35-15-36-27(22)37-20-7-3-4-17(13-20)26(34)40/h2-15,37H,1H3,(H2,34,40)(H,35,36)(H,38,41)(H,39,42). The molecule has 0 unspecified atom stereocenters. The molecule has 6 N–H and O–H groups in total. The molecule has 12 heteroatoms. The van der Waals surface area contributed by atoms with Crippen molar-refractivity contribution in [2.24, 2.45) is 5.73 Å². The summed E-state index contributed by atoms with van der Waals surface area (Å²) in [7, 11) is 0. The van der Waals surface area contributed by atoms with Crippen LogP contribution in [0.25, 0.3) is 11.3 Å². The molecular formula is C30H23F3N6O3. The topological polar surface area (TPSA) is 142 Å². The molecule has 3 amide bonds. The first-order chi connectivity index (χ1) is 20.0. The number of aryl methyl sites for hydroxylation is 1. The van der Waals surface area contributed by atoms with E-state index in [1.807, 2.05) is 0 Å². The number of nitrogens with one attached hydrogen (secondary N) is 4. The number of carbonyl (C=O) groups excluding carboxylic acids is 3. The number of primary amides is 1. The third-order valence-electron chi connectivity index (χ3n) is 6.46. The van der Waals surface area contributed by atoms with E-state index < -0.39 is 29.5 Å². The van der Waals surface area contributed by atoms with Gasteiger partial charge in [0, 0.05) is 33.8 Å². The number of halogens is 3. The average molecular weight is 573 g/mol. The smallest absolute Gasteiger partial charge is 0.366 e. The van der Waals surface area contributed by atoms with Gasteiger partial charge in [0.05, 0.1) is 23.1 Å². The normalized spacial score (nSPS) is 11.2. The molecule has 0 spiro atoms. The summed E-state index contributed by atoms with van der Waals surface area (Å²) < 4.78 is 39.2. The summed E-state index contributed by atoms with van der Waals surface area (Å²) in [5, 5.41) is 8.55. The number of nitrogens with zero attached hydrogens (tertiary/aromatic N) is 1. The van der Waals surface area contributed by atoms with Gasteiger partial charge in [0.25, 0.3) is 11.8 Å². The predicted molar refractivity (Wildman–Crippen MR) is 152 cm³/mol. The Morgan fingerprint density at radius 1 is 0.833 bits per heavy atom. The van der Waals surface area contributed by atoms with Crippen LogP contribution in [0.3, 0.4) is 0 Å². The van der Waals surface area contributed by atoms with Gasteiger partial charge in [0.15, 0.2) is 0 Å². The molecular weight excluding hydrogens is 549 g/mol. The van der Waals surface area contributed by atoms with E-state index in [1.54, 1.807) is 55.5 Å². The molecule has 0 aromatic heterocycles. The Morgan fingerprint density at radius 3 is 2.36 bits per heavy atom. The molecule has 1 aliphatic carbocycles. The number of benzene rings is 3. The zero-order chi connectivity index (χ0) is 30.0. The van der Waals surface area contributed by atoms with Gasteiger partial charge in [-0.3, -0.25) is 14.4 Å². The van der Waals surface area contributed by atoms with Crippen molar-refractivity contribution in [3.05, 3.63) is 113 Å². The van der Waals surface area contributed by atoms with E-state index in [2.05, 4.69) is 25.9 Å². The number of fused-ring (bicyclic) bond motifs is 1. The molecule has 5 rings (SSSR count). The monoisotopic (exact) mass is 572 g/mol. The van der Waals surface area contributed by atoms with Crippen molar-refractivity contribution in [1.82, 2.24) is 9.97 Å². The highest BCUT2D eigenvalue weighted by Crippen LogP contribution is 2.34. The highest BCUT2D eigenvalue weighted by atomic mass is 19.4. The van der Waals surface area contributed by atoms with Crippen LogP contribution in [0.4, 0.5) is 36.1 Å². The van der Waals surface area contributed by atoms with E-state index in [1.165, 1.54) is 18.5 Å². The third-order valence-corrected chi connectivity index (χ3v) is 6.46. The first-order valence-corrected chi connectivity index (χ1v) is 12.5. The molecule has 0 radical (unpaired) electrons. The number of nitrogens with two attached hydrogens (primary N) is 1. The summed E-state index contributed by atoms with van der Waals surface area (Å²) in [6.45, 7) is 1.76. The van der Waals surface area contributed by atoms with Crippen molar-refractivity contribution in [2.45, 2.75) is 13.1 Å². The highest BCUT2D eigenvalue weighted by Gasteiger charge is 2.31. The first kappa shape index (κ1) is 27.9. The van der Waals surface area contributed by atoms with E-state index in [0.29, 0.717) is 39.6 Å². The molecule has 9 nitrogen and oxygen atoms in total. The Bertz CT molecular complexity index is 1800. The maximum atomic E-state index is 13.3. The minimum atomic E-state index is -4.58. The molecule has 212 valence electrons. The number of hydrogen-bond donors (Lipinski definition) is 5. The maximum absolute atomic E-state index is 13.3. The highest BCUT2D eigenvalue weighted by molar-refractivity contribution is 6.11. The second-order valence-corrected chi connectivity index (χ2v) is 9.37. The van der Waals surface area contributed by atoms with Crippen LogP contribution in [-0.2, 0) is 6.18 Å². The van der Waals surface area contributed by atoms with E-state index in [0.717, 1.165) is 18.2 Å². The average Bonchev–Trinajstić information content (AvgIpc) is 3.40. The number of aromatic nitrogens is 2. The number of H-pyrrole nitrogens is 1. The fraction of sp³-hybridized carbons (Fsp3) is 0.0667. The molecule has 2 aliphatic rings. The van der Waals surface area contributed by atoms with Crippen molar-refractivity contribution in [2.75, 3.05) is 16.0 Å². The summed E-state index contributed by atoms with van der Waals surface area (Å²) in [5.41, 5.74) is 7.87. The van der Waals surface area contributed by atoms with Crippen LogP contribution in [0.15, 0.2) is 85.2 Å². The van der Waals surface area contributed by atoms with Crippen LogP contribution in [0, 0.1) is 6.92 Å². The third kappa shape index (κ3) is 5.92. The lowest BCUT2D eigenvalue weighted by atomic mass is 10.1. The molecule has 0 bridgehead atoms. The number of rotatable bonds is 7. The van der Waals surface area contributed by atoms with E-state index in [-0.39, 0.29) is 16.8 Å². The summed E-state index contributed by atoms with van der Waals surface area (Å²) in [4.78, 5) is 44.8. The molecule has 42 heavy (non-hydrogen) atoms. The van der Waals surface area contributed by atoms with Gasteiger partial charge < -0.3 is 26.7 Å². The summed E-state index contributed by atoms with van der Waals surface area (Å²) >= 11 is 0. The van der Waals surface area contributed by atoms with Crippen LogP contribution >= 0.6 is 0 Å². The number of alkyl halides is 3. The lowest BCUT2D eigenvalue weighted by Gasteiger charge is -2.14. The molecule has 1 heterocycles. The predicted octanol–water partition coefficient (Wildman–Crippen LogP) is 6.19. The maximum Gasteiger partial charge on any atom is 0.416 e. The second-order valence-electron chi connectivity index (χ2n) is 9.37. The number of aromatic amines is 1. The summed E-state index contributed by atoms with van der Waals surface area (Å²) in [6, 6.07) is 18.8. The largest absolute Gasteiger partial charge is 0.416 e. The van der Waals surface area contributed by atoms with E-state index in [4.69, 9.17) is 5.73 Å². The molecule has 3 aromatic carbocycles. The van der Waals surface area contributed by atoms with Crippen LogP contribution in [0.1, 0.15) is 42.2 Å². The molecule has 0 saturated carbocycles. The van der Waals surface area contributed by atoms with E-state index in [9.17, 15) is 27.6 Å². The summed E-state index contributed by atoms with van der Waals surface area (Å²) in [6.07, 6.45) is -3.16. The fourth-order valence-corrected chi connectivity index (χ4v) is 4.29. The van der Waals surface area contributed by atoms with Crippen LogP contribution < -0.4 is 21.7 Å². The van der Waals surface area contributed by atoms with Crippen LogP contribution in [-0.4, -0.2) is 27.7 Å². The lowest BCUT2D eigenvalue weighted by Crippen LogP contribution is -2.16. The van der Waals surface area contributed by atoms with Gasteiger partial charge in [0.2, 0.25) is 5.91 Å². The van der Waals surface area contributed by atoms with Gasteiger partial charge >= 0.3 is 6.18 Å². The van der Waals surface area contributed by atoms with Gasteiger partial charge in [-0.2, -0.15) is 13.2 Å². The van der Waals surface area contributed by atoms with Crippen molar-refractivity contribution in [1.29, 1.82) is 0 Å². The van der Waals surface area contributed by atoms with Crippen molar-refractivity contribution >= 4 is 40.6 Å². The number of amides is 3. The van der Waals surface area contributed by atoms with Gasteiger partial charge in [-0.05, 0) is 73.2 Å². The van der Waals surface area contributed by atoms with Crippen molar-refractivity contribution < 1.29 is 27.6 Å². The molecule has 0 fully saturated rings. The van der Waals surface area contributed by atoms with Gasteiger partial charge in [-0.1, -0.05) is 18.2 Å². The van der Waals surface area contributed by atoms with Gasteiger partial charge in [-0.15, -0.1) is 0 Å². The first-order valence-electron chi connectivity index (χ1n) is 12.5. The summed E-state index contributed by atoms with van der Waals surface area (Å²) in [5.74, 6) is -1.22. The number of hydrogen-bond acceptors (Lipinski definition) is 5. The molecule has 1 aliphatic heterocycles. The van der Waals surface area contributed by atoms with Crippen molar-refractivity contribution in [3.8, 4) is 11.3 Å². The molecule has 0 saturated heterocycles. The van der Waals surface area contributed by atoms with Crippen LogP contribution in [0.2, 0.25) is 0 Å². The Balaban J connectivity index is 1.32. The minimum absolute atomic E-state index is 0.159. The zero-order valence-corrected chi connectivity index (χ0v) is 22.0. The Labute approximate surface area is 237 Å². The van der Waals surface area contributed by atoms with Gasteiger partial charge in [0.1, 0.15) is 5.82 Å². The Kier molecular flexibility index (Phi) is 7.36. The number of anilines is 4. The second kappa shape index (κ2) is 11.1. The SMILES string of the molecule is Cc1ccc(NC(=O)c2cccc(C(F)(F)F)c2)cc1NC(=O)c1ccc2c(Nc3cccc(C(N)=O)c3)[nH]cnc1-2. The molecule has 3 aromatic rings.